The van der Waals surface area contributed by atoms with Crippen molar-refractivity contribution in [2.45, 2.75) is 11.4 Å². The highest BCUT2D eigenvalue weighted by Crippen LogP contribution is 2.29. The number of morpholine rings is 1. The maximum absolute atomic E-state index is 12.6. The molecule has 1 aliphatic rings. The van der Waals surface area contributed by atoms with Crippen LogP contribution in [0.1, 0.15) is 5.69 Å². The van der Waals surface area contributed by atoms with Crippen molar-refractivity contribution in [1.29, 1.82) is 0 Å². The Bertz CT molecular complexity index is 885. The van der Waals surface area contributed by atoms with Gasteiger partial charge in [0.15, 0.2) is 11.5 Å². The van der Waals surface area contributed by atoms with Gasteiger partial charge in [-0.25, -0.2) is 23.1 Å². The Hall–Kier alpha value is -2.43. The first-order valence-electron chi connectivity index (χ1n) is 8.40. The van der Waals surface area contributed by atoms with Gasteiger partial charge in [-0.15, -0.1) is 0 Å². The van der Waals surface area contributed by atoms with Gasteiger partial charge in [-0.05, 0) is 18.2 Å². The van der Waals surface area contributed by atoms with E-state index in [2.05, 4.69) is 14.7 Å². The standard InChI is InChI=1S/C17H22N4O5S/c1-24-15-4-3-14(11-16(15)25-2)27(22,23)19-12-13-5-6-18-17(20-13)21-7-9-26-10-8-21/h3-6,11,19H,7-10,12H2,1-2H3. The van der Waals surface area contributed by atoms with Crippen LogP contribution in [0.2, 0.25) is 0 Å². The normalized spacial score (nSPS) is 14.8. The van der Waals surface area contributed by atoms with Crippen LogP contribution in [-0.4, -0.2) is 58.9 Å². The number of rotatable bonds is 7. The van der Waals surface area contributed by atoms with E-state index < -0.39 is 10.0 Å². The number of hydrogen-bond donors (Lipinski definition) is 1. The lowest BCUT2D eigenvalue weighted by Crippen LogP contribution is -2.37. The zero-order chi connectivity index (χ0) is 19.3. The number of benzene rings is 1. The number of aromatic nitrogens is 2. The molecule has 2 aromatic rings. The topological polar surface area (TPSA) is 103 Å². The second-order valence-electron chi connectivity index (χ2n) is 5.79. The maximum Gasteiger partial charge on any atom is 0.241 e. The van der Waals surface area contributed by atoms with E-state index in [0.717, 1.165) is 0 Å². The summed E-state index contributed by atoms with van der Waals surface area (Å²) in [6, 6.07) is 6.11. The molecule has 1 aliphatic heterocycles. The first-order chi connectivity index (χ1) is 13.0. The third-order valence-corrected chi connectivity index (χ3v) is 5.50. The van der Waals surface area contributed by atoms with Crippen LogP contribution in [0.25, 0.3) is 0 Å². The first-order valence-corrected chi connectivity index (χ1v) is 9.88. The molecule has 10 heteroatoms. The van der Waals surface area contributed by atoms with Crippen molar-refractivity contribution in [3.8, 4) is 11.5 Å². The third-order valence-electron chi connectivity index (χ3n) is 4.10. The van der Waals surface area contributed by atoms with Crippen LogP contribution in [0, 0.1) is 0 Å². The largest absolute Gasteiger partial charge is 0.493 e. The fraction of sp³-hybridized carbons (Fsp3) is 0.412. The smallest absolute Gasteiger partial charge is 0.241 e. The molecule has 0 unspecified atom stereocenters. The highest BCUT2D eigenvalue weighted by Gasteiger charge is 2.18. The molecule has 1 saturated heterocycles. The van der Waals surface area contributed by atoms with Crippen LogP contribution in [0.4, 0.5) is 5.95 Å². The monoisotopic (exact) mass is 394 g/mol. The minimum absolute atomic E-state index is 0.0521. The van der Waals surface area contributed by atoms with Crippen LogP contribution in [0.3, 0.4) is 0 Å². The Labute approximate surface area is 158 Å². The Morgan fingerprint density at radius 2 is 1.89 bits per heavy atom. The van der Waals surface area contributed by atoms with Gasteiger partial charge < -0.3 is 19.1 Å². The van der Waals surface area contributed by atoms with Crippen LogP contribution < -0.4 is 19.1 Å². The average Bonchev–Trinajstić information content (AvgIpc) is 2.72. The second-order valence-corrected chi connectivity index (χ2v) is 7.56. The van der Waals surface area contributed by atoms with Gasteiger partial charge in [0.25, 0.3) is 0 Å². The molecular formula is C17H22N4O5S. The number of methoxy groups -OCH3 is 2. The van der Waals surface area contributed by atoms with Gasteiger partial charge in [0.05, 0.1) is 44.6 Å². The van der Waals surface area contributed by atoms with Crippen LogP contribution in [0.15, 0.2) is 35.4 Å². The zero-order valence-electron chi connectivity index (χ0n) is 15.2. The van der Waals surface area contributed by atoms with Crippen LogP contribution in [0.5, 0.6) is 11.5 Å². The molecule has 0 atom stereocenters. The Morgan fingerprint density at radius 3 is 2.59 bits per heavy atom. The van der Waals surface area contributed by atoms with Crippen molar-refractivity contribution < 1.29 is 22.6 Å². The molecule has 0 bridgehead atoms. The Kier molecular flexibility index (Phi) is 6.09. The number of nitrogens with zero attached hydrogens (tertiary/aromatic N) is 3. The lowest BCUT2D eigenvalue weighted by atomic mass is 10.3. The summed E-state index contributed by atoms with van der Waals surface area (Å²) in [5.41, 5.74) is 0.579. The summed E-state index contributed by atoms with van der Waals surface area (Å²) in [6.07, 6.45) is 1.62. The van der Waals surface area contributed by atoms with Crippen molar-refractivity contribution in [2.75, 3.05) is 45.4 Å². The molecule has 1 aromatic carbocycles. The Morgan fingerprint density at radius 1 is 1.15 bits per heavy atom. The summed E-state index contributed by atoms with van der Waals surface area (Å²) in [6.45, 7) is 2.72. The van der Waals surface area contributed by atoms with Crippen molar-refractivity contribution in [3.63, 3.8) is 0 Å². The highest BCUT2D eigenvalue weighted by atomic mass is 32.2. The summed E-state index contributed by atoms with van der Waals surface area (Å²) < 4.78 is 43.3. The van der Waals surface area contributed by atoms with E-state index in [1.165, 1.54) is 26.4 Å². The molecule has 146 valence electrons. The minimum Gasteiger partial charge on any atom is -0.493 e. The fourth-order valence-electron chi connectivity index (χ4n) is 2.63. The molecule has 1 N–H and O–H groups in total. The summed E-state index contributed by atoms with van der Waals surface area (Å²) in [7, 11) is -0.788. The summed E-state index contributed by atoms with van der Waals surface area (Å²) in [4.78, 5) is 10.8. The summed E-state index contributed by atoms with van der Waals surface area (Å²) >= 11 is 0. The van der Waals surface area contributed by atoms with Crippen molar-refractivity contribution >= 4 is 16.0 Å². The first kappa shape index (κ1) is 19.3. The molecule has 1 fully saturated rings. The molecular weight excluding hydrogens is 372 g/mol. The molecule has 1 aromatic heterocycles. The molecule has 27 heavy (non-hydrogen) atoms. The van der Waals surface area contributed by atoms with Crippen LogP contribution in [-0.2, 0) is 21.3 Å². The van der Waals surface area contributed by atoms with E-state index in [1.807, 2.05) is 4.90 Å². The number of sulfonamides is 1. The predicted octanol–water partition coefficient (Wildman–Crippen LogP) is 0.809. The van der Waals surface area contributed by atoms with Crippen molar-refractivity contribution in [3.05, 3.63) is 36.2 Å². The van der Waals surface area contributed by atoms with Crippen molar-refractivity contribution in [2.24, 2.45) is 0 Å². The summed E-state index contributed by atoms with van der Waals surface area (Å²) in [5.74, 6) is 1.38. The van der Waals surface area contributed by atoms with E-state index in [9.17, 15) is 8.42 Å². The van der Waals surface area contributed by atoms with Gasteiger partial charge in [-0.3, -0.25) is 0 Å². The molecule has 0 saturated carbocycles. The number of ether oxygens (including phenoxy) is 3. The van der Waals surface area contributed by atoms with Crippen molar-refractivity contribution in [1.82, 2.24) is 14.7 Å². The molecule has 0 aliphatic carbocycles. The van der Waals surface area contributed by atoms with Gasteiger partial charge in [-0.1, -0.05) is 0 Å². The van der Waals surface area contributed by atoms with E-state index in [0.29, 0.717) is 49.4 Å². The molecule has 0 spiro atoms. The second kappa shape index (κ2) is 8.51. The minimum atomic E-state index is -3.73. The van der Waals surface area contributed by atoms with Crippen LogP contribution >= 0.6 is 0 Å². The molecule has 2 heterocycles. The zero-order valence-corrected chi connectivity index (χ0v) is 16.0. The van der Waals surface area contributed by atoms with E-state index in [-0.39, 0.29) is 11.4 Å². The predicted molar refractivity (Wildman–Crippen MR) is 98.6 cm³/mol. The van der Waals surface area contributed by atoms with E-state index in [1.54, 1.807) is 18.3 Å². The average molecular weight is 394 g/mol. The maximum atomic E-state index is 12.6. The van der Waals surface area contributed by atoms with Gasteiger partial charge in [0.1, 0.15) is 0 Å². The molecule has 0 amide bonds. The summed E-state index contributed by atoms with van der Waals surface area (Å²) in [5, 5.41) is 0. The molecule has 9 nitrogen and oxygen atoms in total. The fourth-order valence-corrected chi connectivity index (χ4v) is 3.65. The number of hydrogen-bond acceptors (Lipinski definition) is 8. The Balaban J connectivity index is 1.72. The van der Waals surface area contributed by atoms with Gasteiger partial charge >= 0.3 is 0 Å². The lowest BCUT2D eigenvalue weighted by Gasteiger charge is -2.26. The number of anilines is 1. The molecule has 0 radical (unpaired) electrons. The lowest BCUT2D eigenvalue weighted by molar-refractivity contribution is 0.122. The van der Waals surface area contributed by atoms with E-state index >= 15 is 0 Å². The third kappa shape index (κ3) is 4.65. The van der Waals surface area contributed by atoms with Gasteiger partial charge in [0.2, 0.25) is 16.0 Å². The van der Waals surface area contributed by atoms with Gasteiger partial charge in [0, 0.05) is 25.4 Å². The SMILES string of the molecule is COc1ccc(S(=O)(=O)NCc2ccnc(N3CCOCC3)n2)cc1OC. The quantitative estimate of drug-likeness (QED) is 0.736. The van der Waals surface area contributed by atoms with Gasteiger partial charge in [-0.2, -0.15) is 0 Å². The number of nitrogens with one attached hydrogen (secondary N) is 1. The van der Waals surface area contributed by atoms with E-state index in [4.69, 9.17) is 14.2 Å². The molecule has 3 rings (SSSR count). The highest BCUT2D eigenvalue weighted by molar-refractivity contribution is 7.89.